The van der Waals surface area contributed by atoms with Gasteiger partial charge in [0.25, 0.3) is 0 Å². The zero-order valence-electron chi connectivity index (χ0n) is 18.5. The fourth-order valence-corrected chi connectivity index (χ4v) is 5.37. The molecule has 7 nitrogen and oxygen atoms in total. The van der Waals surface area contributed by atoms with Crippen molar-refractivity contribution in [3.05, 3.63) is 35.9 Å². The predicted octanol–water partition coefficient (Wildman–Crippen LogP) is 2.20. The van der Waals surface area contributed by atoms with Gasteiger partial charge in [-0.05, 0) is 31.7 Å². The van der Waals surface area contributed by atoms with Gasteiger partial charge in [0.2, 0.25) is 5.91 Å². The summed E-state index contributed by atoms with van der Waals surface area (Å²) in [6.45, 7) is 3.64. The second-order valence-corrected chi connectivity index (χ2v) is 10.4. The van der Waals surface area contributed by atoms with E-state index < -0.39 is 15.3 Å². The normalized spacial score (nSPS) is 16.3. The standard InChI is InChI=1S/C22H36N4O3S/c1-4-23-21(25-18-22(13-8-9-14-22)20(27)26(2)3)24-15-10-16-30(28,29)17-19-11-6-5-7-12-19/h5-7,11-12H,4,8-10,13-18H2,1-3H3,(H2,23,24,25). The van der Waals surface area contributed by atoms with Crippen molar-refractivity contribution in [3.8, 4) is 0 Å². The van der Waals surface area contributed by atoms with Crippen molar-refractivity contribution >= 4 is 21.7 Å². The summed E-state index contributed by atoms with van der Waals surface area (Å²) in [5.74, 6) is 0.969. The van der Waals surface area contributed by atoms with Gasteiger partial charge in [-0.2, -0.15) is 0 Å². The lowest BCUT2D eigenvalue weighted by Crippen LogP contribution is -2.43. The van der Waals surface area contributed by atoms with Crippen LogP contribution in [-0.4, -0.2) is 64.7 Å². The van der Waals surface area contributed by atoms with E-state index in [1.807, 2.05) is 37.3 Å². The minimum absolute atomic E-state index is 0.0666. The molecule has 1 aromatic rings. The van der Waals surface area contributed by atoms with Gasteiger partial charge >= 0.3 is 0 Å². The fourth-order valence-electron chi connectivity index (χ4n) is 3.94. The molecule has 8 heteroatoms. The molecule has 0 unspecified atom stereocenters. The molecule has 1 aromatic carbocycles. The lowest BCUT2D eigenvalue weighted by molar-refractivity contribution is -0.138. The van der Waals surface area contributed by atoms with E-state index in [1.54, 1.807) is 19.0 Å². The second kappa shape index (κ2) is 11.3. The number of hydrogen-bond acceptors (Lipinski definition) is 4. The summed E-state index contributed by atoms with van der Waals surface area (Å²) in [5.41, 5.74) is 0.401. The highest BCUT2D eigenvalue weighted by Gasteiger charge is 2.42. The molecule has 1 fully saturated rings. The minimum Gasteiger partial charge on any atom is -0.357 e. The Morgan fingerprint density at radius 2 is 1.80 bits per heavy atom. The molecule has 0 atom stereocenters. The quantitative estimate of drug-likeness (QED) is 0.333. The zero-order valence-corrected chi connectivity index (χ0v) is 19.3. The van der Waals surface area contributed by atoms with Crippen LogP contribution in [-0.2, 0) is 20.4 Å². The van der Waals surface area contributed by atoms with Crippen molar-refractivity contribution in [3.63, 3.8) is 0 Å². The van der Waals surface area contributed by atoms with Crippen molar-refractivity contribution in [1.82, 2.24) is 15.5 Å². The lowest BCUT2D eigenvalue weighted by Gasteiger charge is -2.29. The highest BCUT2D eigenvalue weighted by molar-refractivity contribution is 7.90. The predicted molar refractivity (Wildman–Crippen MR) is 122 cm³/mol. The first-order valence-corrected chi connectivity index (χ1v) is 12.6. The van der Waals surface area contributed by atoms with E-state index in [-0.39, 0.29) is 17.4 Å². The van der Waals surface area contributed by atoms with E-state index in [9.17, 15) is 13.2 Å². The van der Waals surface area contributed by atoms with Crippen LogP contribution in [0.1, 0.15) is 44.6 Å². The molecule has 0 spiro atoms. The number of carbonyl (C=O) groups is 1. The molecule has 0 heterocycles. The molecule has 1 amide bonds. The Morgan fingerprint density at radius 3 is 2.40 bits per heavy atom. The number of guanidine groups is 1. The van der Waals surface area contributed by atoms with E-state index in [1.165, 1.54) is 0 Å². The number of amides is 1. The number of aliphatic imine (C=N–C) groups is 1. The zero-order chi connectivity index (χ0) is 22.0. The molecule has 1 aliphatic carbocycles. The van der Waals surface area contributed by atoms with Crippen LogP contribution in [0.4, 0.5) is 0 Å². The van der Waals surface area contributed by atoms with E-state index in [0.717, 1.165) is 31.2 Å². The summed E-state index contributed by atoms with van der Waals surface area (Å²) in [6.07, 6.45) is 4.34. The summed E-state index contributed by atoms with van der Waals surface area (Å²) < 4.78 is 24.7. The van der Waals surface area contributed by atoms with Crippen LogP contribution >= 0.6 is 0 Å². The van der Waals surface area contributed by atoms with Crippen LogP contribution in [0.25, 0.3) is 0 Å². The molecular formula is C22H36N4O3S. The first kappa shape index (κ1) is 24.2. The molecule has 0 saturated heterocycles. The SMILES string of the molecule is CCNC(=NCC1(C(=O)N(C)C)CCCC1)NCCCS(=O)(=O)Cc1ccccc1. The van der Waals surface area contributed by atoms with Crippen LogP contribution in [0.5, 0.6) is 0 Å². The monoisotopic (exact) mass is 436 g/mol. The van der Waals surface area contributed by atoms with Gasteiger partial charge in [0.05, 0.1) is 23.5 Å². The topological polar surface area (TPSA) is 90.9 Å². The van der Waals surface area contributed by atoms with Crippen molar-refractivity contribution in [2.75, 3.05) is 39.5 Å². The van der Waals surface area contributed by atoms with Gasteiger partial charge in [-0.25, -0.2) is 8.42 Å². The third kappa shape index (κ3) is 7.31. The van der Waals surface area contributed by atoms with Crippen LogP contribution in [0.2, 0.25) is 0 Å². The summed E-state index contributed by atoms with van der Waals surface area (Å²) in [6, 6.07) is 9.25. The Labute approximate surface area is 181 Å². The summed E-state index contributed by atoms with van der Waals surface area (Å²) >= 11 is 0. The molecule has 0 aromatic heterocycles. The second-order valence-electron chi connectivity index (χ2n) is 8.24. The number of hydrogen-bond donors (Lipinski definition) is 2. The van der Waals surface area contributed by atoms with Gasteiger partial charge < -0.3 is 15.5 Å². The van der Waals surface area contributed by atoms with Gasteiger partial charge in [0.15, 0.2) is 15.8 Å². The maximum atomic E-state index is 12.7. The lowest BCUT2D eigenvalue weighted by atomic mass is 9.85. The smallest absolute Gasteiger partial charge is 0.230 e. The minimum atomic E-state index is -3.15. The summed E-state index contributed by atoms with van der Waals surface area (Å²) in [5, 5.41) is 6.41. The summed E-state index contributed by atoms with van der Waals surface area (Å²) in [4.78, 5) is 19.0. The molecule has 2 rings (SSSR count). The Hall–Kier alpha value is -2.09. The molecular weight excluding hydrogens is 400 g/mol. The molecule has 0 bridgehead atoms. The average molecular weight is 437 g/mol. The van der Waals surface area contributed by atoms with Crippen LogP contribution in [0.3, 0.4) is 0 Å². The first-order valence-electron chi connectivity index (χ1n) is 10.8. The Kier molecular flexibility index (Phi) is 9.14. The average Bonchev–Trinajstić information content (AvgIpc) is 3.19. The molecule has 30 heavy (non-hydrogen) atoms. The number of nitrogens with zero attached hydrogens (tertiary/aromatic N) is 2. The van der Waals surface area contributed by atoms with Gasteiger partial charge in [-0.15, -0.1) is 0 Å². The Bertz CT molecular complexity index is 801. The molecule has 0 aliphatic heterocycles. The number of carbonyl (C=O) groups excluding carboxylic acids is 1. The van der Waals surface area contributed by atoms with Crippen molar-refractivity contribution in [2.24, 2.45) is 10.4 Å². The molecule has 0 radical (unpaired) electrons. The number of sulfone groups is 1. The largest absolute Gasteiger partial charge is 0.357 e. The number of benzene rings is 1. The van der Waals surface area contributed by atoms with Crippen LogP contribution in [0.15, 0.2) is 35.3 Å². The highest BCUT2D eigenvalue weighted by Crippen LogP contribution is 2.39. The van der Waals surface area contributed by atoms with Crippen LogP contribution < -0.4 is 10.6 Å². The molecule has 1 saturated carbocycles. The Morgan fingerprint density at radius 1 is 1.13 bits per heavy atom. The molecule has 168 valence electrons. The van der Waals surface area contributed by atoms with Crippen LogP contribution in [0, 0.1) is 5.41 Å². The van der Waals surface area contributed by atoms with Gasteiger partial charge in [-0.1, -0.05) is 43.2 Å². The van der Waals surface area contributed by atoms with E-state index in [4.69, 9.17) is 0 Å². The molecule has 1 aliphatic rings. The van der Waals surface area contributed by atoms with Crippen molar-refractivity contribution in [2.45, 2.75) is 44.8 Å². The number of nitrogens with one attached hydrogen (secondary N) is 2. The van der Waals surface area contributed by atoms with E-state index in [0.29, 0.717) is 32.0 Å². The van der Waals surface area contributed by atoms with Gasteiger partial charge in [-0.3, -0.25) is 9.79 Å². The summed E-state index contributed by atoms with van der Waals surface area (Å²) in [7, 11) is 0.443. The van der Waals surface area contributed by atoms with Gasteiger partial charge in [0, 0.05) is 27.2 Å². The highest BCUT2D eigenvalue weighted by atomic mass is 32.2. The Balaban J connectivity index is 1.88. The van der Waals surface area contributed by atoms with Crippen molar-refractivity contribution in [1.29, 1.82) is 0 Å². The molecule has 2 N–H and O–H groups in total. The van der Waals surface area contributed by atoms with E-state index in [2.05, 4.69) is 15.6 Å². The first-order chi connectivity index (χ1) is 14.3. The fraction of sp³-hybridized carbons (Fsp3) is 0.636. The maximum Gasteiger partial charge on any atom is 0.230 e. The van der Waals surface area contributed by atoms with Crippen molar-refractivity contribution < 1.29 is 13.2 Å². The van der Waals surface area contributed by atoms with E-state index >= 15 is 0 Å². The third-order valence-electron chi connectivity index (χ3n) is 5.46. The van der Waals surface area contributed by atoms with Gasteiger partial charge in [0.1, 0.15) is 0 Å². The number of rotatable bonds is 10. The maximum absolute atomic E-state index is 12.7. The third-order valence-corrected chi connectivity index (χ3v) is 7.14.